The summed E-state index contributed by atoms with van der Waals surface area (Å²) < 4.78 is 11.0. The Labute approximate surface area is 242 Å². The van der Waals surface area contributed by atoms with Crippen LogP contribution < -0.4 is 14.8 Å². The number of carbonyl (C=O) groups is 2. The Kier molecular flexibility index (Phi) is 11.3. The summed E-state index contributed by atoms with van der Waals surface area (Å²) in [6.45, 7) is 0.642. The van der Waals surface area contributed by atoms with E-state index in [1.165, 1.54) is 6.42 Å². The number of hydrogen-bond donors (Lipinski definition) is 1. The van der Waals surface area contributed by atoms with E-state index in [0.29, 0.717) is 24.5 Å². The third-order valence-electron chi connectivity index (χ3n) is 7.38. The zero-order valence-corrected chi connectivity index (χ0v) is 23.9. The van der Waals surface area contributed by atoms with E-state index in [0.717, 1.165) is 48.3 Å². The lowest BCUT2D eigenvalue weighted by Gasteiger charge is -2.33. The molecule has 0 radical (unpaired) electrons. The fourth-order valence-corrected chi connectivity index (χ4v) is 5.33. The minimum atomic E-state index is -0.657. The molecule has 1 aliphatic carbocycles. The molecule has 3 aromatic carbocycles. The monoisotopic (exact) mass is 562 g/mol. The first-order valence-electron chi connectivity index (χ1n) is 14.2. The fraction of sp³-hybridized carbons (Fsp3) is 0.394. The second-order valence-corrected chi connectivity index (χ2v) is 10.7. The maximum absolute atomic E-state index is 13.8. The number of hydrogen-bond acceptors (Lipinski definition) is 4. The summed E-state index contributed by atoms with van der Waals surface area (Å²) in [7, 11) is 1.62. The molecule has 6 nitrogen and oxygen atoms in total. The first kappa shape index (κ1) is 29.5. The summed E-state index contributed by atoms with van der Waals surface area (Å²) in [6, 6.07) is 24.2. The Morgan fingerprint density at radius 3 is 2.30 bits per heavy atom. The molecule has 40 heavy (non-hydrogen) atoms. The van der Waals surface area contributed by atoms with E-state index in [1.54, 1.807) is 12.0 Å². The molecule has 3 aromatic rings. The number of rotatable bonds is 13. The number of amides is 2. The van der Waals surface area contributed by atoms with Crippen LogP contribution in [0.1, 0.15) is 56.1 Å². The maximum atomic E-state index is 13.8. The molecule has 212 valence electrons. The van der Waals surface area contributed by atoms with E-state index in [4.69, 9.17) is 21.1 Å². The van der Waals surface area contributed by atoms with E-state index in [-0.39, 0.29) is 30.8 Å². The normalized spacial score (nSPS) is 14.2. The Morgan fingerprint density at radius 1 is 0.925 bits per heavy atom. The third-order valence-corrected chi connectivity index (χ3v) is 7.75. The van der Waals surface area contributed by atoms with Crippen molar-refractivity contribution in [2.75, 3.05) is 13.7 Å². The minimum absolute atomic E-state index is 0.0991. The zero-order valence-electron chi connectivity index (χ0n) is 23.2. The Morgan fingerprint density at radius 2 is 1.60 bits per heavy atom. The average Bonchev–Trinajstić information content (AvgIpc) is 2.99. The van der Waals surface area contributed by atoms with Crippen molar-refractivity contribution < 1.29 is 19.1 Å². The second-order valence-electron chi connectivity index (χ2n) is 10.3. The largest absolute Gasteiger partial charge is 0.497 e. The van der Waals surface area contributed by atoms with Gasteiger partial charge in [0, 0.05) is 30.5 Å². The molecule has 1 atom stereocenters. The van der Waals surface area contributed by atoms with Gasteiger partial charge in [0.15, 0.2) is 0 Å². The van der Waals surface area contributed by atoms with Crippen LogP contribution in [0, 0.1) is 0 Å². The predicted molar refractivity (Wildman–Crippen MR) is 159 cm³/mol. The van der Waals surface area contributed by atoms with Gasteiger partial charge in [-0.15, -0.1) is 0 Å². The molecule has 1 N–H and O–H groups in total. The van der Waals surface area contributed by atoms with Crippen molar-refractivity contribution in [3.63, 3.8) is 0 Å². The van der Waals surface area contributed by atoms with Gasteiger partial charge in [-0.05, 0) is 60.7 Å². The van der Waals surface area contributed by atoms with E-state index < -0.39 is 6.04 Å². The summed E-state index contributed by atoms with van der Waals surface area (Å²) in [4.78, 5) is 29.4. The third kappa shape index (κ3) is 8.75. The molecular weight excluding hydrogens is 524 g/mol. The molecule has 0 aliphatic heterocycles. The van der Waals surface area contributed by atoms with Crippen LogP contribution in [0.4, 0.5) is 0 Å². The van der Waals surface area contributed by atoms with Crippen molar-refractivity contribution in [3.05, 3.63) is 95.0 Å². The SMILES string of the molecule is COc1ccc(OCCCC(=O)N(Cc2ccccc2Cl)[C@H](Cc2ccccc2)C(=O)NC2CCCCC2)cc1. The maximum Gasteiger partial charge on any atom is 0.243 e. The first-order valence-corrected chi connectivity index (χ1v) is 14.6. The van der Waals surface area contributed by atoms with Crippen molar-refractivity contribution in [2.45, 2.75) is 70.0 Å². The zero-order chi connectivity index (χ0) is 28.2. The van der Waals surface area contributed by atoms with Crippen LogP contribution in [0.25, 0.3) is 0 Å². The molecule has 1 aliphatic rings. The Bertz CT molecular complexity index is 1210. The van der Waals surface area contributed by atoms with Gasteiger partial charge in [-0.1, -0.05) is 79.4 Å². The van der Waals surface area contributed by atoms with Crippen LogP contribution in [0.3, 0.4) is 0 Å². The first-order chi connectivity index (χ1) is 19.5. The topological polar surface area (TPSA) is 67.9 Å². The standard InChI is InChI=1S/C33H39ClN2O4/c1-39-28-18-20-29(21-19-28)40-22-10-17-32(37)36(24-26-13-8-9-16-30(26)34)31(23-25-11-4-2-5-12-25)33(38)35-27-14-6-3-7-15-27/h2,4-5,8-9,11-13,16,18-21,27,31H,3,6-7,10,14-15,17,22-24H2,1H3,(H,35,38)/t31-/m1/s1. The van der Waals surface area contributed by atoms with Crippen molar-refractivity contribution in [1.29, 1.82) is 0 Å². The smallest absolute Gasteiger partial charge is 0.243 e. The van der Waals surface area contributed by atoms with Gasteiger partial charge in [-0.2, -0.15) is 0 Å². The van der Waals surface area contributed by atoms with Gasteiger partial charge in [0.1, 0.15) is 17.5 Å². The number of benzene rings is 3. The molecular formula is C33H39ClN2O4. The predicted octanol–water partition coefficient (Wildman–Crippen LogP) is 6.60. The lowest BCUT2D eigenvalue weighted by molar-refractivity contribution is -0.141. The second kappa shape index (κ2) is 15.3. The highest BCUT2D eigenvalue weighted by atomic mass is 35.5. The van der Waals surface area contributed by atoms with Crippen molar-refractivity contribution in [1.82, 2.24) is 10.2 Å². The van der Waals surface area contributed by atoms with Crippen LogP contribution in [-0.2, 0) is 22.6 Å². The number of carbonyl (C=O) groups excluding carboxylic acids is 2. The molecule has 1 saturated carbocycles. The number of nitrogens with one attached hydrogen (secondary N) is 1. The Balaban J connectivity index is 1.51. The molecule has 0 heterocycles. The molecule has 2 amide bonds. The highest BCUT2D eigenvalue weighted by molar-refractivity contribution is 6.31. The fourth-order valence-electron chi connectivity index (χ4n) is 5.14. The van der Waals surface area contributed by atoms with Crippen LogP contribution in [0.15, 0.2) is 78.9 Å². The van der Waals surface area contributed by atoms with Crippen LogP contribution in [-0.4, -0.2) is 42.5 Å². The van der Waals surface area contributed by atoms with E-state index in [1.807, 2.05) is 78.9 Å². The summed E-state index contributed by atoms with van der Waals surface area (Å²) in [5.74, 6) is 1.27. The lowest BCUT2D eigenvalue weighted by atomic mass is 9.94. The van der Waals surface area contributed by atoms with Crippen molar-refractivity contribution in [2.24, 2.45) is 0 Å². The van der Waals surface area contributed by atoms with Gasteiger partial charge in [-0.25, -0.2) is 0 Å². The van der Waals surface area contributed by atoms with E-state index in [2.05, 4.69) is 5.32 Å². The van der Waals surface area contributed by atoms with E-state index in [9.17, 15) is 9.59 Å². The van der Waals surface area contributed by atoms with Crippen LogP contribution in [0.2, 0.25) is 5.02 Å². The van der Waals surface area contributed by atoms with Gasteiger partial charge < -0.3 is 19.7 Å². The van der Waals surface area contributed by atoms with Gasteiger partial charge in [0.25, 0.3) is 0 Å². The molecule has 0 bridgehead atoms. The van der Waals surface area contributed by atoms with Crippen molar-refractivity contribution in [3.8, 4) is 11.5 Å². The average molecular weight is 563 g/mol. The molecule has 0 unspecified atom stereocenters. The summed E-state index contributed by atoms with van der Waals surface area (Å²) in [6.07, 6.45) is 6.59. The number of methoxy groups -OCH3 is 1. The lowest BCUT2D eigenvalue weighted by Crippen LogP contribution is -2.52. The molecule has 1 fully saturated rings. The summed E-state index contributed by atoms with van der Waals surface area (Å²) in [5, 5.41) is 3.85. The number of nitrogens with zero attached hydrogens (tertiary/aromatic N) is 1. The molecule has 0 spiro atoms. The number of ether oxygens (including phenoxy) is 2. The molecule has 0 aromatic heterocycles. The Hall–Kier alpha value is -3.51. The molecule has 0 saturated heterocycles. The van der Waals surface area contributed by atoms with Gasteiger partial charge >= 0.3 is 0 Å². The van der Waals surface area contributed by atoms with Crippen LogP contribution in [0.5, 0.6) is 11.5 Å². The van der Waals surface area contributed by atoms with Gasteiger partial charge in [-0.3, -0.25) is 9.59 Å². The van der Waals surface area contributed by atoms with E-state index >= 15 is 0 Å². The minimum Gasteiger partial charge on any atom is -0.497 e. The van der Waals surface area contributed by atoms with Gasteiger partial charge in [0.05, 0.1) is 13.7 Å². The highest BCUT2D eigenvalue weighted by Crippen LogP contribution is 2.23. The summed E-state index contributed by atoms with van der Waals surface area (Å²) in [5.41, 5.74) is 1.82. The highest BCUT2D eigenvalue weighted by Gasteiger charge is 2.32. The molecule has 4 rings (SSSR count). The quantitative estimate of drug-likeness (QED) is 0.238. The van der Waals surface area contributed by atoms with Gasteiger partial charge in [0.2, 0.25) is 11.8 Å². The summed E-state index contributed by atoms with van der Waals surface area (Å²) >= 11 is 6.52. The van der Waals surface area contributed by atoms with Crippen molar-refractivity contribution >= 4 is 23.4 Å². The number of halogens is 1. The molecule has 7 heteroatoms. The van der Waals surface area contributed by atoms with Crippen LogP contribution >= 0.6 is 11.6 Å².